The lowest BCUT2D eigenvalue weighted by atomic mass is 9.92. The van der Waals surface area contributed by atoms with E-state index in [0.29, 0.717) is 25.9 Å². The Morgan fingerprint density at radius 2 is 1.10 bits per heavy atom. The van der Waals surface area contributed by atoms with Crippen LogP contribution in [-0.4, -0.2) is 65.8 Å². The van der Waals surface area contributed by atoms with Gasteiger partial charge in [-0.2, -0.15) is 0 Å². The molecule has 42 heavy (non-hydrogen) atoms. The fourth-order valence-corrected chi connectivity index (χ4v) is 4.85. The second-order valence-electron chi connectivity index (χ2n) is 12.9. The maximum absolute atomic E-state index is 13.6. The molecule has 0 bridgehead atoms. The summed E-state index contributed by atoms with van der Waals surface area (Å²) < 4.78 is 5.34. The summed E-state index contributed by atoms with van der Waals surface area (Å²) in [5, 5.41) is 11.2. The van der Waals surface area contributed by atoms with E-state index in [0.717, 1.165) is 5.56 Å². The first-order valence-electron chi connectivity index (χ1n) is 15.0. The summed E-state index contributed by atoms with van der Waals surface area (Å²) >= 11 is 0. The second kappa shape index (κ2) is 15.8. The van der Waals surface area contributed by atoms with E-state index in [1.807, 2.05) is 71.9 Å². The molecule has 10 nitrogen and oxygen atoms in total. The van der Waals surface area contributed by atoms with Gasteiger partial charge in [0.1, 0.15) is 23.7 Å². The lowest BCUT2D eigenvalue weighted by Gasteiger charge is -2.28. The van der Waals surface area contributed by atoms with E-state index >= 15 is 0 Å². The predicted molar refractivity (Wildman–Crippen MR) is 161 cm³/mol. The summed E-state index contributed by atoms with van der Waals surface area (Å²) in [5.74, 6) is -1.69. The minimum atomic E-state index is -0.932. The Balaban J connectivity index is 2.21. The maximum Gasteiger partial charge on any atom is 0.243 e. The highest BCUT2D eigenvalue weighted by molar-refractivity contribution is 5.98. The van der Waals surface area contributed by atoms with E-state index in [1.54, 1.807) is 6.92 Å². The van der Waals surface area contributed by atoms with Crippen LogP contribution in [0.2, 0.25) is 0 Å². The first-order valence-corrected chi connectivity index (χ1v) is 15.0. The van der Waals surface area contributed by atoms with Gasteiger partial charge in [0.2, 0.25) is 23.6 Å². The van der Waals surface area contributed by atoms with Crippen LogP contribution in [0.15, 0.2) is 30.3 Å². The van der Waals surface area contributed by atoms with Gasteiger partial charge < -0.3 is 26.0 Å². The lowest BCUT2D eigenvalue weighted by Crippen LogP contribution is -2.58. The molecule has 0 radical (unpaired) electrons. The second-order valence-corrected chi connectivity index (χ2v) is 12.9. The summed E-state index contributed by atoms with van der Waals surface area (Å²) in [5.41, 5.74) is -0.0265. The maximum atomic E-state index is 13.6. The minimum Gasteiger partial charge on any atom is -0.361 e. The number of ketones is 1. The zero-order chi connectivity index (χ0) is 31.6. The molecule has 1 aromatic carbocycles. The van der Waals surface area contributed by atoms with Crippen LogP contribution >= 0.6 is 0 Å². The van der Waals surface area contributed by atoms with Crippen LogP contribution in [0.25, 0.3) is 0 Å². The zero-order valence-corrected chi connectivity index (χ0v) is 26.4. The number of amides is 4. The molecule has 3 unspecified atom stereocenters. The average molecular weight is 587 g/mol. The molecule has 1 fully saturated rings. The quantitative estimate of drug-likeness (QED) is 0.207. The van der Waals surface area contributed by atoms with Crippen molar-refractivity contribution in [2.24, 2.45) is 17.8 Å². The van der Waals surface area contributed by atoms with Gasteiger partial charge >= 0.3 is 0 Å². The van der Waals surface area contributed by atoms with Crippen LogP contribution in [-0.2, 0) is 35.1 Å². The van der Waals surface area contributed by atoms with Crippen LogP contribution in [0.3, 0.4) is 0 Å². The number of nitrogens with one attached hydrogen (secondary N) is 4. The van der Waals surface area contributed by atoms with Crippen molar-refractivity contribution >= 4 is 29.4 Å². The standard InChI is InChI=1S/C32H50N4O6/c1-19(2)14-24(28(38)32(8)18-42-32)34-29(39)25(15-20(3)4)35-30(40)26(16-21(5)6)36-31(41)27(33-22(7)37)17-23-12-10-9-11-13-23/h9-13,19-21,24-27H,14-18H2,1-8H3,(H,33,37)(H,34,39)(H,35,40)(H,36,41)/t24?,25-,26?,27-,32?/m0/s1. The molecule has 4 amide bonds. The van der Waals surface area contributed by atoms with Crippen LogP contribution < -0.4 is 21.3 Å². The van der Waals surface area contributed by atoms with Crippen LogP contribution in [0.5, 0.6) is 0 Å². The molecule has 1 aliphatic heterocycles. The predicted octanol–water partition coefficient (Wildman–Crippen LogP) is 2.68. The van der Waals surface area contributed by atoms with Crippen molar-refractivity contribution in [3.05, 3.63) is 35.9 Å². The number of hydrogen-bond donors (Lipinski definition) is 4. The highest BCUT2D eigenvalue weighted by Gasteiger charge is 2.50. The minimum absolute atomic E-state index is 0.0547. The molecule has 0 aliphatic carbocycles. The van der Waals surface area contributed by atoms with Crippen LogP contribution in [0.4, 0.5) is 0 Å². The Hall–Kier alpha value is -3.27. The average Bonchev–Trinajstić information content (AvgIpc) is 3.64. The van der Waals surface area contributed by atoms with Gasteiger partial charge in [-0.15, -0.1) is 0 Å². The molecule has 234 valence electrons. The Labute approximate surface area is 250 Å². The van der Waals surface area contributed by atoms with E-state index in [-0.39, 0.29) is 35.9 Å². The molecule has 1 saturated heterocycles. The fraction of sp³-hybridized carbons (Fsp3) is 0.656. The normalized spacial score (nSPS) is 19.0. The van der Waals surface area contributed by atoms with Gasteiger partial charge in [0, 0.05) is 13.3 Å². The Morgan fingerprint density at radius 1 is 0.690 bits per heavy atom. The molecule has 5 atom stereocenters. The van der Waals surface area contributed by atoms with E-state index in [1.165, 1.54) is 6.92 Å². The number of hydrogen-bond acceptors (Lipinski definition) is 6. The summed E-state index contributed by atoms with van der Waals surface area (Å²) in [7, 11) is 0. The van der Waals surface area contributed by atoms with Gasteiger partial charge in [-0.25, -0.2) is 0 Å². The summed E-state index contributed by atoms with van der Waals surface area (Å²) in [4.78, 5) is 65.4. The van der Waals surface area contributed by atoms with Crippen molar-refractivity contribution in [2.75, 3.05) is 6.61 Å². The van der Waals surface area contributed by atoms with Gasteiger partial charge in [-0.1, -0.05) is 71.9 Å². The lowest BCUT2D eigenvalue weighted by molar-refractivity contribution is -0.135. The number of rotatable bonds is 17. The van der Waals surface area contributed by atoms with Crippen LogP contribution in [0.1, 0.15) is 80.2 Å². The van der Waals surface area contributed by atoms with Crippen molar-refractivity contribution < 1.29 is 28.7 Å². The largest absolute Gasteiger partial charge is 0.361 e. The molecule has 1 aromatic rings. The molecule has 0 saturated carbocycles. The van der Waals surface area contributed by atoms with Crippen molar-refractivity contribution in [3.8, 4) is 0 Å². The number of ether oxygens (including phenoxy) is 1. The zero-order valence-electron chi connectivity index (χ0n) is 26.4. The smallest absolute Gasteiger partial charge is 0.243 e. The Bertz CT molecular complexity index is 1080. The van der Waals surface area contributed by atoms with Crippen molar-refractivity contribution in [1.82, 2.24) is 21.3 Å². The van der Waals surface area contributed by atoms with Crippen molar-refractivity contribution in [3.63, 3.8) is 0 Å². The number of carbonyl (C=O) groups is 5. The van der Waals surface area contributed by atoms with Crippen LogP contribution in [0, 0.1) is 17.8 Å². The third kappa shape index (κ3) is 11.5. The first kappa shape index (κ1) is 34.9. The molecule has 1 heterocycles. The van der Waals surface area contributed by atoms with Gasteiger partial charge in [-0.05, 0) is 49.5 Å². The number of benzene rings is 1. The molecule has 2 rings (SSSR count). The van der Waals surface area contributed by atoms with Gasteiger partial charge in [0.05, 0.1) is 12.6 Å². The molecular weight excluding hydrogens is 536 g/mol. The van der Waals surface area contributed by atoms with E-state index < -0.39 is 47.5 Å². The summed E-state index contributed by atoms with van der Waals surface area (Å²) in [6.45, 7) is 15.1. The monoisotopic (exact) mass is 586 g/mol. The first-order chi connectivity index (χ1) is 19.6. The van der Waals surface area contributed by atoms with Gasteiger partial charge in [0.25, 0.3) is 0 Å². The highest BCUT2D eigenvalue weighted by Crippen LogP contribution is 2.29. The van der Waals surface area contributed by atoms with E-state index in [4.69, 9.17) is 4.74 Å². The summed E-state index contributed by atoms with van der Waals surface area (Å²) in [6, 6.07) is 5.84. The third-order valence-electron chi connectivity index (χ3n) is 7.10. The Morgan fingerprint density at radius 3 is 1.50 bits per heavy atom. The molecule has 4 N–H and O–H groups in total. The number of carbonyl (C=O) groups excluding carboxylic acids is 5. The molecular formula is C32H50N4O6. The topological polar surface area (TPSA) is 146 Å². The Kier molecular flexibility index (Phi) is 13.2. The van der Waals surface area contributed by atoms with Gasteiger partial charge in [-0.3, -0.25) is 24.0 Å². The SMILES string of the molecule is CC(=O)N[C@@H](Cc1ccccc1)C(=O)NC(CC(C)C)C(=O)N[C@@H](CC(C)C)C(=O)NC(CC(C)C)C(=O)C1(C)CO1. The van der Waals surface area contributed by atoms with Crippen molar-refractivity contribution in [1.29, 1.82) is 0 Å². The fourth-order valence-electron chi connectivity index (χ4n) is 4.85. The number of Topliss-reactive ketones (excluding diaryl/α,β-unsaturated/α-hetero) is 1. The highest BCUT2D eigenvalue weighted by atomic mass is 16.6. The molecule has 0 spiro atoms. The van der Waals surface area contributed by atoms with Crippen molar-refractivity contribution in [2.45, 2.75) is 111 Å². The van der Waals surface area contributed by atoms with Gasteiger partial charge in [0.15, 0.2) is 5.78 Å². The molecule has 0 aromatic heterocycles. The number of epoxide rings is 1. The van der Waals surface area contributed by atoms with E-state index in [9.17, 15) is 24.0 Å². The molecule has 10 heteroatoms. The summed E-state index contributed by atoms with van der Waals surface area (Å²) in [6.07, 6.45) is 1.38. The van der Waals surface area contributed by atoms with E-state index in [2.05, 4.69) is 21.3 Å². The molecule has 1 aliphatic rings. The third-order valence-corrected chi connectivity index (χ3v) is 7.10.